The molecule has 0 fully saturated rings. The van der Waals surface area contributed by atoms with Gasteiger partial charge >= 0.3 is 0 Å². The Bertz CT molecular complexity index is 38.7. The van der Waals surface area contributed by atoms with Gasteiger partial charge in [-0.3, -0.25) is 0 Å². The number of hydrogen-bond donors (Lipinski definition) is 2. The first kappa shape index (κ1) is 17.9. The summed E-state index contributed by atoms with van der Waals surface area (Å²) < 4.78 is 0. The first-order valence-corrected chi connectivity index (χ1v) is 3.13. The fourth-order valence-electron chi connectivity index (χ4n) is 0.577. The van der Waals surface area contributed by atoms with E-state index in [9.17, 15) is 0 Å². The van der Waals surface area contributed by atoms with Gasteiger partial charge in [0, 0.05) is 72.3 Å². The van der Waals surface area contributed by atoms with Crippen LogP contribution in [0, 0.1) is 0 Å². The Labute approximate surface area is 107 Å². The summed E-state index contributed by atoms with van der Waals surface area (Å²) in [5.74, 6) is 0. The predicted octanol–water partition coefficient (Wildman–Crippen LogP) is -0.230. The molecule has 0 saturated heterocycles. The molecule has 0 aromatic heterocycles. The standard InChI is InChI=1S/C6H14O2.2Na/c7-5-3-1-2-4-6-8;;/h7-8H,1-6H2;;. The van der Waals surface area contributed by atoms with Crippen molar-refractivity contribution in [3.63, 3.8) is 0 Å². The van der Waals surface area contributed by atoms with Crippen LogP contribution in [0.1, 0.15) is 25.7 Å². The molecule has 0 spiro atoms. The summed E-state index contributed by atoms with van der Waals surface area (Å²) in [6, 6.07) is 0. The molecule has 2 N–H and O–H groups in total. The van der Waals surface area contributed by atoms with E-state index < -0.39 is 0 Å². The normalized spacial score (nSPS) is 7.80. The largest absolute Gasteiger partial charge is 0.396 e. The van der Waals surface area contributed by atoms with Crippen molar-refractivity contribution in [2.24, 2.45) is 0 Å². The van der Waals surface area contributed by atoms with E-state index in [1.807, 2.05) is 0 Å². The van der Waals surface area contributed by atoms with E-state index in [4.69, 9.17) is 10.2 Å². The second-order valence-corrected chi connectivity index (χ2v) is 1.86. The molecule has 0 bridgehead atoms. The summed E-state index contributed by atoms with van der Waals surface area (Å²) in [4.78, 5) is 0. The molecule has 2 radical (unpaired) electrons. The molecule has 0 atom stereocenters. The summed E-state index contributed by atoms with van der Waals surface area (Å²) in [5.41, 5.74) is 0. The van der Waals surface area contributed by atoms with Gasteiger partial charge in [0.25, 0.3) is 0 Å². The zero-order valence-corrected chi connectivity index (χ0v) is 11.1. The second-order valence-electron chi connectivity index (χ2n) is 1.86. The Balaban J connectivity index is -0.000000245. The monoisotopic (exact) mass is 164 g/mol. The molecule has 2 nitrogen and oxygen atoms in total. The van der Waals surface area contributed by atoms with Gasteiger partial charge in [-0.2, -0.15) is 0 Å². The number of hydrogen-bond acceptors (Lipinski definition) is 2. The molecule has 10 heavy (non-hydrogen) atoms. The van der Waals surface area contributed by atoms with Crippen molar-refractivity contribution in [2.75, 3.05) is 13.2 Å². The quantitative estimate of drug-likeness (QED) is 0.435. The van der Waals surface area contributed by atoms with E-state index in [1.54, 1.807) is 0 Å². The number of unbranched alkanes of at least 4 members (excludes halogenated alkanes) is 3. The summed E-state index contributed by atoms with van der Waals surface area (Å²) in [7, 11) is 0. The maximum atomic E-state index is 8.30. The molecule has 0 saturated carbocycles. The van der Waals surface area contributed by atoms with Crippen molar-refractivity contribution in [2.45, 2.75) is 25.7 Å². The first-order chi connectivity index (χ1) is 3.91. The number of aliphatic hydroxyl groups excluding tert-OH is 2. The summed E-state index contributed by atoms with van der Waals surface area (Å²) in [6.45, 7) is 0.566. The smallest absolute Gasteiger partial charge is 0.0431 e. The molecule has 4 heteroatoms. The minimum Gasteiger partial charge on any atom is -0.396 e. The van der Waals surface area contributed by atoms with Gasteiger partial charge in [0.2, 0.25) is 0 Å². The van der Waals surface area contributed by atoms with Gasteiger partial charge in [-0.05, 0) is 12.8 Å². The SMILES string of the molecule is OCCCCCCO.[Na].[Na]. The average Bonchev–Trinajstić information content (AvgIpc) is 1.81. The minimum absolute atomic E-state index is 0. The van der Waals surface area contributed by atoms with Crippen molar-refractivity contribution < 1.29 is 10.2 Å². The zero-order chi connectivity index (χ0) is 6.24. The van der Waals surface area contributed by atoms with Gasteiger partial charge in [-0.25, -0.2) is 0 Å². The molecule has 0 rings (SSSR count). The third-order valence-electron chi connectivity index (χ3n) is 1.07. The van der Waals surface area contributed by atoms with E-state index in [1.165, 1.54) is 0 Å². The summed E-state index contributed by atoms with van der Waals surface area (Å²) in [6.07, 6.45) is 3.83. The van der Waals surface area contributed by atoms with E-state index >= 15 is 0 Å². The maximum absolute atomic E-state index is 8.30. The molecule has 0 aromatic rings. The van der Waals surface area contributed by atoms with Gasteiger partial charge in [0.05, 0.1) is 0 Å². The van der Waals surface area contributed by atoms with Crippen LogP contribution >= 0.6 is 0 Å². The van der Waals surface area contributed by atoms with Gasteiger partial charge in [0.15, 0.2) is 0 Å². The van der Waals surface area contributed by atoms with Crippen LogP contribution < -0.4 is 0 Å². The third kappa shape index (κ3) is 16.5. The maximum Gasteiger partial charge on any atom is 0.0431 e. The molecule has 0 aliphatic carbocycles. The first-order valence-electron chi connectivity index (χ1n) is 3.13. The van der Waals surface area contributed by atoms with Crippen molar-refractivity contribution in [1.29, 1.82) is 0 Å². The van der Waals surface area contributed by atoms with E-state index in [0.717, 1.165) is 25.7 Å². The van der Waals surface area contributed by atoms with Crippen LogP contribution in [-0.4, -0.2) is 82.5 Å². The Morgan fingerprint density at radius 1 is 0.600 bits per heavy atom. The summed E-state index contributed by atoms with van der Waals surface area (Å²) >= 11 is 0. The van der Waals surface area contributed by atoms with Crippen LogP contribution in [-0.2, 0) is 0 Å². The zero-order valence-electron chi connectivity index (χ0n) is 7.14. The fourth-order valence-corrected chi connectivity index (χ4v) is 0.577. The van der Waals surface area contributed by atoms with Gasteiger partial charge in [-0.1, -0.05) is 12.8 Å². The Kier molecular flexibility index (Phi) is 30.6. The summed E-state index contributed by atoms with van der Waals surface area (Å²) in [5, 5.41) is 16.6. The van der Waals surface area contributed by atoms with Crippen molar-refractivity contribution in [3.05, 3.63) is 0 Å². The third-order valence-corrected chi connectivity index (χ3v) is 1.07. The topological polar surface area (TPSA) is 40.5 Å². The van der Waals surface area contributed by atoms with Gasteiger partial charge < -0.3 is 10.2 Å². The van der Waals surface area contributed by atoms with Crippen LogP contribution in [0.3, 0.4) is 0 Å². The van der Waals surface area contributed by atoms with Gasteiger partial charge in [-0.15, -0.1) is 0 Å². The number of rotatable bonds is 5. The van der Waals surface area contributed by atoms with Crippen LogP contribution in [0.25, 0.3) is 0 Å². The molecule has 0 amide bonds. The molecule has 52 valence electrons. The fraction of sp³-hybridized carbons (Fsp3) is 1.00. The molecule has 0 unspecified atom stereocenters. The second kappa shape index (κ2) is 17.1. The van der Waals surface area contributed by atoms with Crippen molar-refractivity contribution >= 4 is 59.1 Å². The van der Waals surface area contributed by atoms with Crippen LogP contribution in [0.5, 0.6) is 0 Å². The van der Waals surface area contributed by atoms with Crippen LogP contribution in [0.2, 0.25) is 0 Å². The Morgan fingerprint density at radius 3 is 1.10 bits per heavy atom. The molecule has 0 aromatic carbocycles. The predicted molar refractivity (Wildman–Crippen MR) is 44.1 cm³/mol. The average molecular weight is 164 g/mol. The van der Waals surface area contributed by atoms with Gasteiger partial charge in [0.1, 0.15) is 0 Å². The van der Waals surface area contributed by atoms with E-state index in [2.05, 4.69) is 0 Å². The van der Waals surface area contributed by atoms with Crippen LogP contribution in [0.15, 0.2) is 0 Å². The van der Waals surface area contributed by atoms with E-state index in [-0.39, 0.29) is 72.3 Å². The Hall–Kier alpha value is 1.92. The van der Waals surface area contributed by atoms with Crippen LogP contribution in [0.4, 0.5) is 0 Å². The molecule has 0 aliphatic heterocycles. The Morgan fingerprint density at radius 2 is 0.900 bits per heavy atom. The number of aliphatic hydroxyl groups is 2. The van der Waals surface area contributed by atoms with E-state index in [0.29, 0.717) is 0 Å². The molecular weight excluding hydrogens is 150 g/mol. The molecular formula is C6H14Na2O2. The molecule has 0 heterocycles. The molecule has 0 aliphatic rings. The minimum atomic E-state index is 0. The van der Waals surface area contributed by atoms with Crippen molar-refractivity contribution in [3.8, 4) is 0 Å². The van der Waals surface area contributed by atoms with Crippen molar-refractivity contribution in [1.82, 2.24) is 0 Å².